The molecule has 0 aliphatic carbocycles. The Labute approximate surface area is 98.5 Å². The summed E-state index contributed by atoms with van der Waals surface area (Å²) in [6.07, 6.45) is 0. The van der Waals surface area contributed by atoms with E-state index in [1.54, 1.807) is 12.1 Å². The van der Waals surface area contributed by atoms with Crippen molar-refractivity contribution >= 4 is 23.3 Å². The molecule has 1 aliphatic rings. The lowest BCUT2D eigenvalue weighted by molar-refractivity contribution is -0.161. The van der Waals surface area contributed by atoms with Crippen LogP contribution in [-0.4, -0.2) is 31.8 Å². The number of hydrogen-bond donors (Lipinski definition) is 1. The summed E-state index contributed by atoms with van der Waals surface area (Å²) in [5.74, 6) is -0.311. The highest BCUT2D eigenvalue weighted by atomic mass is 35.5. The third-order valence-electron chi connectivity index (χ3n) is 2.50. The molecule has 5 heteroatoms. The Balaban J connectivity index is 2.13. The first-order chi connectivity index (χ1) is 7.66. The van der Waals surface area contributed by atoms with E-state index in [1.165, 1.54) is 7.11 Å². The van der Waals surface area contributed by atoms with E-state index in [-0.39, 0.29) is 5.97 Å². The maximum Gasteiger partial charge on any atom is 0.336 e. The highest BCUT2D eigenvalue weighted by Gasteiger charge is 2.47. The van der Waals surface area contributed by atoms with Crippen LogP contribution in [-0.2, 0) is 14.3 Å². The largest absolute Gasteiger partial charge is 0.467 e. The van der Waals surface area contributed by atoms with Crippen LogP contribution >= 0.6 is 11.6 Å². The molecule has 1 aromatic rings. The molecule has 1 N–H and O–H groups in total. The second-order valence-electron chi connectivity index (χ2n) is 3.70. The number of ether oxygens (including phenoxy) is 2. The van der Waals surface area contributed by atoms with Gasteiger partial charge in [0.05, 0.1) is 20.3 Å². The van der Waals surface area contributed by atoms with Gasteiger partial charge in [-0.1, -0.05) is 11.6 Å². The topological polar surface area (TPSA) is 47.6 Å². The number of nitrogens with one attached hydrogen (secondary N) is 1. The number of carbonyl (C=O) groups is 1. The van der Waals surface area contributed by atoms with E-state index < -0.39 is 5.54 Å². The molecule has 1 saturated heterocycles. The maximum atomic E-state index is 11.6. The zero-order valence-corrected chi connectivity index (χ0v) is 9.58. The number of benzene rings is 1. The first kappa shape index (κ1) is 11.2. The van der Waals surface area contributed by atoms with Gasteiger partial charge in [-0.05, 0) is 24.3 Å². The highest BCUT2D eigenvalue weighted by molar-refractivity contribution is 6.30. The van der Waals surface area contributed by atoms with E-state index in [0.717, 1.165) is 5.69 Å². The van der Waals surface area contributed by atoms with Gasteiger partial charge in [0, 0.05) is 10.7 Å². The van der Waals surface area contributed by atoms with Gasteiger partial charge < -0.3 is 14.8 Å². The van der Waals surface area contributed by atoms with Gasteiger partial charge in [-0.15, -0.1) is 0 Å². The van der Waals surface area contributed by atoms with Crippen molar-refractivity contribution in [3.8, 4) is 0 Å². The molecule has 1 heterocycles. The van der Waals surface area contributed by atoms with Crippen LogP contribution in [0.5, 0.6) is 0 Å². The predicted molar refractivity (Wildman–Crippen MR) is 60.6 cm³/mol. The quantitative estimate of drug-likeness (QED) is 0.819. The van der Waals surface area contributed by atoms with Gasteiger partial charge in [-0.25, -0.2) is 4.79 Å². The number of methoxy groups -OCH3 is 1. The minimum Gasteiger partial charge on any atom is -0.467 e. The summed E-state index contributed by atoms with van der Waals surface area (Å²) in [5.41, 5.74) is 0.0702. The van der Waals surface area contributed by atoms with E-state index in [4.69, 9.17) is 21.1 Å². The van der Waals surface area contributed by atoms with Gasteiger partial charge in [0.1, 0.15) is 0 Å². The summed E-state index contributed by atoms with van der Waals surface area (Å²) in [4.78, 5) is 11.6. The van der Waals surface area contributed by atoms with Gasteiger partial charge in [-0.2, -0.15) is 0 Å². The molecule has 1 aromatic carbocycles. The fraction of sp³-hybridized carbons (Fsp3) is 0.364. The molecule has 0 unspecified atom stereocenters. The van der Waals surface area contributed by atoms with Crippen molar-refractivity contribution < 1.29 is 14.3 Å². The molecule has 0 bridgehead atoms. The SMILES string of the molecule is COC(=O)C1(Nc2ccc(Cl)cc2)COC1. The van der Waals surface area contributed by atoms with Crippen LogP contribution in [0.1, 0.15) is 0 Å². The third-order valence-corrected chi connectivity index (χ3v) is 2.75. The minimum absolute atomic E-state index is 0.311. The summed E-state index contributed by atoms with van der Waals surface area (Å²) in [6, 6.07) is 7.14. The molecule has 0 atom stereocenters. The minimum atomic E-state index is -0.747. The molecule has 0 saturated carbocycles. The first-order valence-electron chi connectivity index (χ1n) is 4.86. The Morgan fingerprint density at radius 3 is 2.50 bits per heavy atom. The van der Waals surface area contributed by atoms with Crippen LogP contribution in [0, 0.1) is 0 Å². The van der Waals surface area contributed by atoms with E-state index in [0.29, 0.717) is 18.2 Å². The van der Waals surface area contributed by atoms with Gasteiger partial charge in [0.2, 0.25) is 0 Å². The van der Waals surface area contributed by atoms with Crippen molar-refractivity contribution in [2.45, 2.75) is 5.54 Å². The number of hydrogen-bond acceptors (Lipinski definition) is 4. The monoisotopic (exact) mass is 241 g/mol. The fourth-order valence-corrected chi connectivity index (χ4v) is 1.68. The van der Waals surface area contributed by atoms with E-state index >= 15 is 0 Å². The fourth-order valence-electron chi connectivity index (χ4n) is 1.55. The Kier molecular flexibility index (Phi) is 3.03. The number of carbonyl (C=O) groups excluding carboxylic acids is 1. The molecule has 1 aliphatic heterocycles. The van der Waals surface area contributed by atoms with Crippen LogP contribution in [0.3, 0.4) is 0 Å². The summed E-state index contributed by atoms with van der Waals surface area (Å²) in [7, 11) is 1.37. The number of anilines is 1. The van der Waals surface area contributed by atoms with E-state index in [1.807, 2.05) is 12.1 Å². The Bertz CT molecular complexity index is 387. The number of halogens is 1. The average molecular weight is 242 g/mol. The van der Waals surface area contributed by atoms with Crippen molar-refractivity contribution in [3.05, 3.63) is 29.3 Å². The van der Waals surface area contributed by atoms with Crippen molar-refractivity contribution in [1.82, 2.24) is 0 Å². The zero-order chi connectivity index (χ0) is 11.6. The maximum absolute atomic E-state index is 11.6. The van der Waals surface area contributed by atoms with Crippen LogP contribution in [0.4, 0.5) is 5.69 Å². The predicted octanol–water partition coefficient (Wildman–Crippen LogP) is 1.69. The van der Waals surface area contributed by atoms with E-state index in [2.05, 4.69) is 5.32 Å². The number of rotatable bonds is 3. The molecule has 86 valence electrons. The van der Waals surface area contributed by atoms with Crippen molar-refractivity contribution in [3.63, 3.8) is 0 Å². The smallest absolute Gasteiger partial charge is 0.336 e. The van der Waals surface area contributed by atoms with Crippen LogP contribution < -0.4 is 5.32 Å². The highest BCUT2D eigenvalue weighted by Crippen LogP contribution is 2.25. The van der Waals surface area contributed by atoms with Crippen molar-refractivity contribution in [2.24, 2.45) is 0 Å². The molecule has 4 nitrogen and oxygen atoms in total. The average Bonchev–Trinajstić information content (AvgIpc) is 2.25. The molecular formula is C11H12ClNO3. The molecule has 16 heavy (non-hydrogen) atoms. The summed E-state index contributed by atoms with van der Waals surface area (Å²) in [6.45, 7) is 0.643. The van der Waals surface area contributed by atoms with Gasteiger partial charge in [-0.3, -0.25) is 0 Å². The van der Waals surface area contributed by atoms with Gasteiger partial charge in [0.25, 0.3) is 0 Å². The summed E-state index contributed by atoms with van der Waals surface area (Å²) >= 11 is 5.78. The first-order valence-corrected chi connectivity index (χ1v) is 5.24. The molecule has 0 amide bonds. The normalized spacial score (nSPS) is 17.4. The van der Waals surface area contributed by atoms with Gasteiger partial charge in [0.15, 0.2) is 5.54 Å². The molecule has 1 fully saturated rings. The van der Waals surface area contributed by atoms with Crippen LogP contribution in [0.2, 0.25) is 5.02 Å². The lowest BCUT2D eigenvalue weighted by atomic mass is 9.97. The zero-order valence-electron chi connectivity index (χ0n) is 8.83. The molecular weight excluding hydrogens is 230 g/mol. The van der Waals surface area contributed by atoms with Crippen molar-refractivity contribution in [2.75, 3.05) is 25.6 Å². The molecule has 2 rings (SSSR count). The molecule has 0 radical (unpaired) electrons. The van der Waals surface area contributed by atoms with E-state index in [9.17, 15) is 4.79 Å². The second-order valence-corrected chi connectivity index (χ2v) is 4.13. The van der Waals surface area contributed by atoms with Gasteiger partial charge >= 0.3 is 5.97 Å². The van der Waals surface area contributed by atoms with Crippen LogP contribution in [0.25, 0.3) is 0 Å². The Hall–Kier alpha value is -1.26. The molecule has 0 aromatic heterocycles. The Morgan fingerprint density at radius 1 is 1.44 bits per heavy atom. The summed E-state index contributed by atoms with van der Waals surface area (Å²) in [5, 5.41) is 3.77. The second kappa shape index (κ2) is 4.31. The number of esters is 1. The van der Waals surface area contributed by atoms with Crippen LogP contribution in [0.15, 0.2) is 24.3 Å². The van der Waals surface area contributed by atoms with Crippen molar-refractivity contribution in [1.29, 1.82) is 0 Å². The third kappa shape index (κ3) is 1.99. The molecule has 0 spiro atoms. The Morgan fingerprint density at radius 2 is 2.06 bits per heavy atom. The standard InChI is InChI=1S/C11H12ClNO3/c1-15-10(14)11(6-16-7-11)13-9-4-2-8(12)3-5-9/h2-5,13H,6-7H2,1H3. The lowest BCUT2D eigenvalue weighted by Gasteiger charge is -2.39. The lowest BCUT2D eigenvalue weighted by Crippen LogP contribution is -2.62. The summed E-state index contributed by atoms with van der Waals surface area (Å²) < 4.78 is 9.81.